The van der Waals surface area contributed by atoms with Gasteiger partial charge in [-0.1, -0.05) is 49.6 Å². The number of hydrogen-bond acceptors (Lipinski definition) is 7. The van der Waals surface area contributed by atoms with Crippen LogP contribution in [-0.4, -0.2) is 73.3 Å². The number of piperazine rings is 1. The number of rotatable bonds is 8. The predicted octanol–water partition coefficient (Wildman–Crippen LogP) is 4.23. The molecule has 204 valence electrons. The number of anilines is 2. The second-order valence-corrected chi connectivity index (χ2v) is 11.2. The third-order valence-corrected chi connectivity index (χ3v) is 8.65. The molecule has 2 aliphatic rings. The number of nitrogens with zero attached hydrogens (tertiary/aromatic N) is 4. The van der Waals surface area contributed by atoms with Crippen molar-refractivity contribution in [3.63, 3.8) is 0 Å². The van der Waals surface area contributed by atoms with Crippen molar-refractivity contribution >= 4 is 40.3 Å². The summed E-state index contributed by atoms with van der Waals surface area (Å²) in [5.74, 6) is -0.517. The fourth-order valence-corrected chi connectivity index (χ4v) is 6.30. The molecule has 2 amide bonds. The molecule has 3 aromatic rings. The molecule has 0 bridgehead atoms. The number of carbonyl (C=O) groups is 3. The summed E-state index contributed by atoms with van der Waals surface area (Å²) in [4.78, 5) is 49.8. The van der Waals surface area contributed by atoms with Crippen molar-refractivity contribution in [1.82, 2.24) is 15.2 Å². The third-order valence-electron chi connectivity index (χ3n) is 7.75. The van der Waals surface area contributed by atoms with Gasteiger partial charge in [0.25, 0.3) is 11.8 Å². The Bertz CT molecular complexity index is 1280. The SMILES string of the molecule is CN1CCN(c2nc(-c3ccc(C(=O)NC4(C(=O)N(CC=O)c5ccccc5)CCCCC4)cc3)cs2)CC1. The molecule has 1 aliphatic heterocycles. The molecule has 1 N–H and O–H groups in total. The van der Waals surface area contributed by atoms with Gasteiger partial charge in [0.2, 0.25) is 0 Å². The molecule has 0 radical (unpaired) electrons. The van der Waals surface area contributed by atoms with Gasteiger partial charge in [0, 0.05) is 48.4 Å². The van der Waals surface area contributed by atoms with E-state index >= 15 is 0 Å². The zero-order valence-corrected chi connectivity index (χ0v) is 23.2. The van der Waals surface area contributed by atoms with Gasteiger partial charge in [-0.3, -0.25) is 9.59 Å². The normalized spacial score (nSPS) is 17.4. The van der Waals surface area contributed by atoms with E-state index < -0.39 is 5.54 Å². The molecule has 1 saturated heterocycles. The maximum absolute atomic E-state index is 13.9. The van der Waals surface area contributed by atoms with Gasteiger partial charge in [-0.25, -0.2) is 4.98 Å². The molecule has 0 atom stereocenters. The molecule has 0 unspecified atom stereocenters. The van der Waals surface area contributed by atoms with E-state index in [1.54, 1.807) is 23.5 Å². The van der Waals surface area contributed by atoms with Crippen LogP contribution in [0, 0.1) is 0 Å². The van der Waals surface area contributed by atoms with Crippen LogP contribution in [-0.2, 0) is 9.59 Å². The lowest BCUT2D eigenvalue weighted by molar-refractivity contribution is -0.126. The highest BCUT2D eigenvalue weighted by atomic mass is 32.1. The van der Waals surface area contributed by atoms with Gasteiger partial charge in [-0.15, -0.1) is 11.3 Å². The summed E-state index contributed by atoms with van der Waals surface area (Å²) in [6.07, 6.45) is 4.53. The lowest BCUT2D eigenvalue weighted by Gasteiger charge is -2.40. The molecule has 8 nitrogen and oxygen atoms in total. The maximum atomic E-state index is 13.9. The standard InChI is InChI=1S/C30H35N5O3S/c1-33-16-18-34(19-17-33)29-31-26(22-39-29)23-10-12-24(13-11-23)27(37)32-30(14-6-3-7-15-30)28(38)35(20-21-36)25-8-4-2-5-9-25/h2,4-5,8-13,21-22H,3,6-7,14-20H2,1H3,(H,32,37). The lowest BCUT2D eigenvalue weighted by Crippen LogP contribution is -2.61. The molecule has 0 spiro atoms. The van der Waals surface area contributed by atoms with Crippen molar-refractivity contribution in [3.05, 3.63) is 65.5 Å². The van der Waals surface area contributed by atoms with E-state index in [2.05, 4.69) is 27.5 Å². The minimum Gasteiger partial charge on any atom is -0.346 e. The quantitative estimate of drug-likeness (QED) is 0.427. The number of amides is 2. The Balaban J connectivity index is 1.32. The first kappa shape index (κ1) is 27.0. The van der Waals surface area contributed by atoms with Gasteiger partial charge in [0.05, 0.1) is 12.2 Å². The number of hydrogen-bond donors (Lipinski definition) is 1. The number of nitrogens with one attached hydrogen (secondary N) is 1. The molecule has 5 rings (SSSR count). The minimum absolute atomic E-state index is 0.0566. The Morgan fingerprint density at radius 2 is 1.69 bits per heavy atom. The summed E-state index contributed by atoms with van der Waals surface area (Å²) in [7, 11) is 2.14. The van der Waals surface area contributed by atoms with E-state index in [1.807, 2.05) is 42.5 Å². The molecule has 1 aromatic heterocycles. The Kier molecular flexibility index (Phi) is 8.38. The fraction of sp³-hybridized carbons (Fsp3) is 0.400. The summed E-state index contributed by atoms with van der Waals surface area (Å²) in [5, 5.41) is 6.18. The van der Waals surface area contributed by atoms with Crippen LogP contribution in [0.5, 0.6) is 0 Å². The Morgan fingerprint density at radius 1 is 1.00 bits per heavy atom. The number of para-hydroxylation sites is 1. The minimum atomic E-state index is -1.04. The second kappa shape index (κ2) is 12.1. The molecular weight excluding hydrogens is 510 g/mol. The first-order valence-corrected chi connectivity index (χ1v) is 14.5. The van der Waals surface area contributed by atoms with Crippen LogP contribution < -0.4 is 15.1 Å². The summed E-state index contributed by atoms with van der Waals surface area (Å²) in [5.41, 5.74) is 1.95. The molecular formula is C30H35N5O3S. The smallest absolute Gasteiger partial charge is 0.253 e. The van der Waals surface area contributed by atoms with Gasteiger partial charge in [-0.2, -0.15) is 0 Å². The summed E-state index contributed by atoms with van der Waals surface area (Å²) >= 11 is 1.64. The first-order valence-electron chi connectivity index (χ1n) is 13.6. The summed E-state index contributed by atoms with van der Waals surface area (Å²) < 4.78 is 0. The van der Waals surface area contributed by atoms with E-state index in [0.717, 1.165) is 68.1 Å². The zero-order chi connectivity index (χ0) is 27.2. The van der Waals surface area contributed by atoms with Gasteiger partial charge in [0.15, 0.2) is 5.13 Å². The second-order valence-electron chi connectivity index (χ2n) is 10.4. The van der Waals surface area contributed by atoms with Gasteiger partial charge in [0.1, 0.15) is 11.8 Å². The van der Waals surface area contributed by atoms with Crippen molar-refractivity contribution < 1.29 is 14.4 Å². The largest absolute Gasteiger partial charge is 0.346 e. The fourth-order valence-electron chi connectivity index (χ4n) is 5.42. The molecule has 1 saturated carbocycles. The number of aldehydes is 1. The average Bonchev–Trinajstić information content (AvgIpc) is 3.47. The lowest BCUT2D eigenvalue weighted by atomic mass is 9.80. The number of benzene rings is 2. The van der Waals surface area contributed by atoms with Gasteiger partial charge in [-0.05, 0) is 44.2 Å². The predicted molar refractivity (Wildman–Crippen MR) is 155 cm³/mol. The van der Waals surface area contributed by atoms with Crippen molar-refractivity contribution in [2.45, 2.75) is 37.6 Å². The highest BCUT2D eigenvalue weighted by Crippen LogP contribution is 2.33. The van der Waals surface area contributed by atoms with E-state index in [9.17, 15) is 14.4 Å². The van der Waals surface area contributed by atoms with Crippen LogP contribution in [0.4, 0.5) is 10.8 Å². The van der Waals surface area contributed by atoms with Gasteiger partial charge < -0.3 is 24.8 Å². The molecule has 39 heavy (non-hydrogen) atoms. The number of thiazole rings is 1. The highest BCUT2D eigenvalue weighted by molar-refractivity contribution is 7.14. The molecule has 9 heteroatoms. The number of likely N-dealkylation sites (N-methyl/N-ethyl adjacent to an activating group) is 1. The maximum Gasteiger partial charge on any atom is 0.253 e. The van der Waals surface area contributed by atoms with Crippen LogP contribution in [0.15, 0.2) is 60.0 Å². The topological polar surface area (TPSA) is 85.8 Å². The Morgan fingerprint density at radius 3 is 2.36 bits per heavy atom. The van der Waals surface area contributed by atoms with Crippen molar-refractivity contribution in [1.29, 1.82) is 0 Å². The van der Waals surface area contributed by atoms with Crippen LogP contribution in [0.2, 0.25) is 0 Å². The van der Waals surface area contributed by atoms with E-state index in [-0.39, 0.29) is 18.4 Å². The zero-order valence-electron chi connectivity index (χ0n) is 22.3. The van der Waals surface area contributed by atoms with Gasteiger partial charge >= 0.3 is 0 Å². The van der Waals surface area contributed by atoms with Crippen LogP contribution >= 0.6 is 11.3 Å². The first-order chi connectivity index (χ1) is 19.0. The Hall–Kier alpha value is -3.56. The van der Waals surface area contributed by atoms with Crippen LogP contribution in [0.3, 0.4) is 0 Å². The van der Waals surface area contributed by atoms with Crippen molar-refractivity contribution in [3.8, 4) is 11.3 Å². The highest BCUT2D eigenvalue weighted by Gasteiger charge is 2.43. The number of carbonyl (C=O) groups excluding carboxylic acids is 3. The van der Waals surface area contributed by atoms with Crippen molar-refractivity contribution in [2.75, 3.05) is 49.6 Å². The third kappa shape index (κ3) is 6.04. The summed E-state index contributed by atoms with van der Waals surface area (Å²) in [6, 6.07) is 16.6. The van der Waals surface area contributed by atoms with Crippen molar-refractivity contribution in [2.24, 2.45) is 0 Å². The molecule has 1 aliphatic carbocycles. The Labute approximate surface area is 233 Å². The van der Waals surface area contributed by atoms with E-state index in [1.165, 1.54) is 4.90 Å². The van der Waals surface area contributed by atoms with Crippen LogP contribution in [0.25, 0.3) is 11.3 Å². The summed E-state index contributed by atoms with van der Waals surface area (Å²) in [6.45, 7) is 3.94. The van der Waals surface area contributed by atoms with E-state index in [4.69, 9.17) is 4.98 Å². The molecule has 2 fully saturated rings. The monoisotopic (exact) mass is 545 g/mol. The number of aromatic nitrogens is 1. The van der Waals surface area contributed by atoms with E-state index in [0.29, 0.717) is 24.1 Å². The average molecular weight is 546 g/mol. The molecule has 2 heterocycles. The molecule has 2 aromatic carbocycles. The van der Waals surface area contributed by atoms with Crippen LogP contribution in [0.1, 0.15) is 42.5 Å².